The molecule has 1 aromatic carbocycles. The van der Waals surface area contributed by atoms with E-state index in [2.05, 4.69) is 22.6 Å². The third-order valence-electron chi connectivity index (χ3n) is 5.05. The molecule has 142 valence electrons. The molecule has 2 aliphatic rings. The standard InChI is InChI=1S/C19H28N4O3/c1-22-7-9-23(10-8-22)18(24)16-3-2-4-17(13-16)21-19(25)20-14-15-5-11-26-12-6-15/h2-4,13,15H,5-12,14H2,1H3,(H2,20,21,25). The predicted octanol–water partition coefficient (Wildman–Crippen LogP) is 1.62. The van der Waals surface area contributed by atoms with Crippen LogP contribution in [0.1, 0.15) is 23.2 Å². The van der Waals surface area contributed by atoms with Crippen molar-refractivity contribution in [2.24, 2.45) is 5.92 Å². The number of hydrogen-bond donors (Lipinski definition) is 2. The second-order valence-corrected chi connectivity index (χ2v) is 7.07. The molecular weight excluding hydrogens is 332 g/mol. The number of nitrogens with one attached hydrogen (secondary N) is 2. The van der Waals surface area contributed by atoms with Gasteiger partial charge in [0.1, 0.15) is 0 Å². The van der Waals surface area contributed by atoms with Crippen molar-refractivity contribution in [1.29, 1.82) is 0 Å². The van der Waals surface area contributed by atoms with Crippen molar-refractivity contribution in [3.8, 4) is 0 Å². The van der Waals surface area contributed by atoms with Crippen molar-refractivity contribution in [3.63, 3.8) is 0 Å². The van der Waals surface area contributed by atoms with Gasteiger partial charge in [-0.25, -0.2) is 4.79 Å². The minimum Gasteiger partial charge on any atom is -0.381 e. The van der Waals surface area contributed by atoms with Gasteiger partial charge in [-0.15, -0.1) is 0 Å². The number of piperazine rings is 1. The van der Waals surface area contributed by atoms with Gasteiger partial charge in [0.2, 0.25) is 0 Å². The molecule has 0 saturated carbocycles. The molecule has 7 heteroatoms. The average Bonchev–Trinajstić information content (AvgIpc) is 2.67. The van der Waals surface area contributed by atoms with E-state index >= 15 is 0 Å². The molecule has 2 aliphatic heterocycles. The number of hydrogen-bond acceptors (Lipinski definition) is 4. The summed E-state index contributed by atoms with van der Waals surface area (Å²) in [7, 11) is 2.06. The Morgan fingerprint density at radius 3 is 2.62 bits per heavy atom. The molecule has 0 spiro atoms. The van der Waals surface area contributed by atoms with Crippen molar-refractivity contribution < 1.29 is 14.3 Å². The molecule has 3 rings (SSSR count). The van der Waals surface area contributed by atoms with Crippen LogP contribution in [0, 0.1) is 5.92 Å². The van der Waals surface area contributed by atoms with E-state index in [9.17, 15) is 9.59 Å². The number of carbonyl (C=O) groups excluding carboxylic acids is 2. The van der Waals surface area contributed by atoms with Gasteiger partial charge in [0, 0.05) is 57.2 Å². The van der Waals surface area contributed by atoms with Crippen LogP contribution in [-0.2, 0) is 4.74 Å². The highest BCUT2D eigenvalue weighted by Gasteiger charge is 2.20. The maximum absolute atomic E-state index is 12.6. The number of rotatable bonds is 4. The lowest BCUT2D eigenvalue weighted by Gasteiger charge is -2.32. The molecule has 0 aliphatic carbocycles. The van der Waals surface area contributed by atoms with E-state index in [4.69, 9.17) is 4.74 Å². The van der Waals surface area contributed by atoms with Gasteiger partial charge < -0.3 is 25.2 Å². The van der Waals surface area contributed by atoms with Crippen LogP contribution in [-0.4, -0.2) is 74.7 Å². The van der Waals surface area contributed by atoms with E-state index in [1.807, 2.05) is 4.90 Å². The van der Waals surface area contributed by atoms with Crippen molar-refractivity contribution in [2.45, 2.75) is 12.8 Å². The monoisotopic (exact) mass is 360 g/mol. The highest BCUT2D eigenvalue weighted by molar-refractivity contribution is 5.97. The van der Waals surface area contributed by atoms with E-state index in [1.54, 1.807) is 24.3 Å². The fourth-order valence-corrected chi connectivity index (χ4v) is 3.28. The molecule has 3 amide bonds. The van der Waals surface area contributed by atoms with Gasteiger partial charge in [-0.3, -0.25) is 4.79 Å². The van der Waals surface area contributed by atoms with Crippen molar-refractivity contribution in [1.82, 2.24) is 15.1 Å². The van der Waals surface area contributed by atoms with Crippen LogP contribution < -0.4 is 10.6 Å². The SMILES string of the molecule is CN1CCN(C(=O)c2cccc(NC(=O)NCC3CCOCC3)c2)CC1. The first kappa shape index (κ1) is 18.7. The first-order chi connectivity index (χ1) is 12.6. The Bertz CT molecular complexity index is 623. The Kier molecular flexibility index (Phi) is 6.46. The molecule has 0 radical (unpaired) electrons. The molecule has 0 bridgehead atoms. The molecule has 0 unspecified atom stereocenters. The van der Waals surface area contributed by atoms with Gasteiger partial charge in [-0.2, -0.15) is 0 Å². The second-order valence-electron chi connectivity index (χ2n) is 7.07. The maximum Gasteiger partial charge on any atom is 0.319 e. The number of anilines is 1. The van der Waals surface area contributed by atoms with E-state index < -0.39 is 0 Å². The molecule has 7 nitrogen and oxygen atoms in total. The summed E-state index contributed by atoms with van der Waals surface area (Å²) in [6.45, 7) is 5.43. The Morgan fingerprint density at radius 2 is 1.88 bits per heavy atom. The van der Waals surface area contributed by atoms with Crippen molar-refractivity contribution >= 4 is 17.6 Å². The van der Waals surface area contributed by atoms with Crippen molar-refractivity contribution in [2.75, 3.05) is 58.3 Å². The number of amides is 3. The fourth-order valence-electron chi connectivity index (χ4n) is 3.28. The van der Waals surface area contributed by atoms with Crippen molar-refractivity contribution in [3.05, 3.63) is 29.8 Å². The minimum absolute atomic E-state index is 0.0179. The summed E-state index contributed by atoms with van der Waals surface area (Å²) in [6.07, 6.45) is 1.96. The quantitative estimate of drug-likeness (QED) is 0.856. The zero-order chi connectivity index (χ0) is 18.4. The molecule has 0 atom stereocenters. The van der Waals surface area contributed by atoms with Gasteiger partial charge in [-0.05, 0) is 44.0 Å². The first-order valence-corrected chi connectivity index (χ1v) is 9.32. The number of urea groups is 1. The highest BCUT2D eigenvalue weighted by atomic mass is 16.5. The molecule has 1 aromatic rings. The lowest BCUT2D eigenvalue weighted by molar-refractivity contribution is 0.0663. The highest BCUT2D eigenvalue weighted by Crippen LogP contribution is 2.15. The van der Waals surface area contributed by atoms with Gasteiger partial charge in [0.25, 0.3) is 5.91 Å². The predicted molar refractivity (Wildman–Crippen MR) is 100 cm³/mol. The molecule has 2 N–H and O–H groups in total. The zero-order valence-corrected chi connectivity index (χ0v) is 15.4. The Hall–Kier alpha value is -2.12. The topological polar surface area (TPSA) is 73.9 Å². The summed E-state index contributed by atoms with van der Waals surface area (Å²) in [5.74, 6) is 0.490. The van der Waals surface area contributed by atoms with Crippen LogP contribution in [0.2, 0.25) is 0 Å². The molecule has 2 fully saturated rings. The number of benzene rings is 1. The Labute approximate surface area is 154 Å². The summed E-state index contributed by atoms with van der Waals surface area (Å²) in [4.78, 5) is 28.8. The number of likely N-dealkylation sites (N-methyl/N-ethyl adjacent to an activating group) is 1. The van der Waals surface area contributed by atoms with Gasteiger partial charge >= 0.3 is 6.03 Å². The van der Waals surface area contributed by atoms with Crippen LogP contribution in [0.15, 0.2) is 24.3 Å². The summed E-state index contributed by atoms with van der Waals surface area (Å²) in [6, 6.07) is 6.91. The lowest BCUT2D eigenvalue weighted by Crippen LogP contribution is -2.47. The van der Waals surface area contributed by atoms with E-state index in [1.165, 1.54) is 0 Å². The average molecular weight is 360 g/mol. The fraction of sp³-hybridized carbons (Fsp3) is 0.579. The van der Waals surface area contributed by atoms with E-state index in [-0.39, 0.29) is 11.9 Å². The molecular formula is C19H28N4O3. The van der Waals surface area contributed by atoms with E-state index in [0.29, 0.717) is 23.7 Å². The number of ether oxygens (including phenoxy) is 1. The normalized spacial score (nSPS) is 19.2. The summed E-state index contributed by atoms with van der Waals surface area (Å²) in [5, 5.41) is 5.74. The van der Waals surface area contributed by atoms with E-state index in [0.717, 1.165) is 52.2 Å². The maximum atomic E-state index is 12.6. The summed E-state index contributed by atoms with van der Waals surface area (Å²) in [5.41, 5.74) is 1.24. The second kappa shape index (κ2) is 9.00. The van der Waals surface area contributed by atoms with Crippen LogP contribution in [0.5, 0.6) is 0 Å². The van der Waals surface area contributed by atoms with Gasteiger partial charge in [-0.1, -0.05) is 6.07 Å². The number of nitrogens with zero attached hydrogens (tertiary/aromatic N) is 2. The molecule has 0 aromatic heterocycles. The van der Waals surface area contributed by atoms with Gasteiger partial charge in [0.05, 0.1) is 0 Å². The minimum atomic E-state index is -0.235. The van der Waals surface area contributed by atoms with Crippen LogP contribution in [0.4, 0.5) is 10.5 Å². The third kappa shape index (κ3) is 5.19. The molecule has 26 heavy (non-hydrogen) atoms. The Morgan fingerprint density at radius 1 is 1.15 bits per heavy atom. The third-order valence-corrected chi connectivity index (χ3v) is 5.05. The molecule has 2 saturated heterocycles. The van der Waals surface area contributed by atoms with Crippen LogP contribution >= 0.6 is 0 Å². The number of carbonyl (C=O) groups is 2. The van der Waals surface area contributed by atoms with Gasteiger partial charge in [0.15, 0.2) is 0 Å². The first-order valence-electron chi connectivity index (χ1n) is 9.32. The summed E-state index contributed by atoms with van der Waals surface area (Å²) >= 11 is 0. The molecule has 2 heterocycles. The smallest absolute Gasteiger partial charge is 0.319 e. The van der Waals surface area contributed by atoms with Crippen LogP contribution in [0.25, 0.3) is 0 Å². The Balaban J connectivity index is 1.51. The zero-order valence-electron chi connectivity index (χ0n) is 15.4. The van der Waals surface area contributed by atoms with Crippen LogP contribution in [0.3, 0.4) is 0 Å². The largest absolute Gasteiger partial charge is 0.381 e. The lowest BCUT2D eigenvalue weighted by atomic mass is 10.0. The summed E-state index contributed by atoms with van der Waals surface area (Å²) < 4.78 is 5.33.